The largest absolute Gasteiger partial charge is 0.493 e. The number of rotatable bonds is 7. The van der Waals surface area contributed by atoms with Crippen LogP contribution in [0.15, 0.2) is 23.2 Å². The molecular weight excluding hydrogens is 520 g/mol. The number of nitrogens with one attached hydrogen (secondary N) is 1. The predicted octanol–water partition coefficient (Wildman–Crippen LogP) is 4.16. The van der Waals surface area contributed by atoms with Crippen LogP contribution in [0.4, 0.5) is 0 Å². The summed E-state index contributed by atoms with van der Waals surface area (Å²) in [7, 11) is 3.23. The third-order valence-corrected chi connectivity index (χ3v) is 11.3. The van der Waals surface area contributed by atoms with Gasteiger partial charge in [-0.3, -0.25) is 19.3 Å². The summed E-state index contributed by atoms with van der Waals surface area (Å²) in [5.74, 6) is -0.0752. The van der Waals surface area contributed by atoms with Gasteiger partial charge >= 0.3 is 5.97 Å². The Kier molecular flexibility index (Phi) is 5.92. The molecule has 7 unspecified atom stereocenters. The number of thioether (sulfide) groups is 1. The highest BCUT2D eigenvalue weighted by Gasteiger charge is 2.69. The van der Waals surface area contributed by atoms with E-state index in [1.54, 1.807) is 37.3 Å². The number of fused-ring (bicyclic) bond motifs is 9. The molecule has 0 radical (unpaired) electrons. The first kappa shape index (κ1) is 24.0. The van der Waals surface area contributed by atoms with Gasteiger partial charge in [-0.2, -0.15) is 0 Å². The van der Waals surface area contributed by atoms with Crippen molar-refractivity contribution in [1.29, 1.82) is 0 Å². The number of methoxy groups -OCH3 is 2. The molecule has 36 heavy (non-hydrogen) atoms. The molecule has 4 aliphatic rings. The number of likely N-dealkylation sites (tertiary alicyclic amines) is 1. The Morgan fingerprint density at radius 1 is 1.17 bits per heavy atom. The minimum atomic E-state index is -0.918. The van der Waals surface area contributed by atoms with E-state index in [1.807, 2.05) is 12.1 Å². The van der Waals surface area contributed by atoms with Gasteiger partial charge in [0.25, 0.3) is 0 Å². The van der Waals surface area contributed by atoms with Crippen LogP contribution in [0.25, 0.3) is 0 Å². The number of carbonyl (C=O) groups excluding carboxylic acids is 2. The number of aromatic nitrogens is 1. The fraction of sp³-hybridized carbons (Fsp3) is 0.520. The Labute approximate surface area is 221 Å². The second-order valence-corrected chi connectivity index (χ2v) is 12.8. The lowest BCUT2D eigenvalue weighted by molar-refractivity contribution is -0.142. The first-order valence-corrected chi connectivity index (χ1v) is 14.1. The van der Waals surface area contributed by atoms with Crippen molar-refractivity contribution in [3.05, 3.63) is 32.6 Å². The molecule has 1 saturated heterocycles. The van der Waals surface area contributed by atoms with E-state index in [2.05, 4.69) is 11.1 Å². The molecule has 2 N–H and O–H groups in total. The number of hydrogen-bond acceptors (Lipinski definition) is 8. The molecule has 1 aromatic carbocycles. The molecule has 2 saturated carbocycles. The number of amides is 2. The Balaban J connectivity index is 1.38. The van der Waals surface area contributed by atoms with Gasteiger partial charge in [-0.25, -0.2) is 0 Å². The van der Waals surface area contributed by atoms with Gasteiger partial charge in [0, 0.05) is 29.0 Å². The fourth-order valence-electron chi connectivity index (χ4n) is 7.11. The lowest BCUT2D eigenvalue weighted by Gasteiger charge is -2.43. The lowest BCUT2D eigenvalue weighted by Crippen LogP contribution is -2.42. The highest BCUT2D eigenvalue weighted by atomic mass is 32.2. The van der Waals surface area contributed by atoms with Crippen molar-refractivity contribution in [1.82, 2.24) is 9.88 Å². The van der Waals surface area contributed by atoms with Crippen LogP contribution in [0.2, 0.25) is 0 Å². The Morgan fingerprint density at radius 2 is 1.89 bits per heavy atom. The standard InChI is InChI=1S/C25H26N2O6S3/c1-32-13-6-5-10(8-14(13)33-2)16-17-11-9-12(20(17)35-22-21(16)36-25(34)26-22)19-18(11)23(30)27(24(19)31)7-3-4-15(28)29/h5-6,8,11-12,16-20H,3-4,7,9H2,1-2H3,(H,26,34)(H,28,29). The number of aliphatic carboxylic acids is 1. The summed E-state index contributed by atoms with van der Waals surface area (Å²) in [5, 5.41) is 10.2. The average Bonchev–Trinajstić information content (AvgIpc) is 3.58. The van der Waals surface area contributed by atoms with Gasteiger partial charge < -0.3 is 19.6 Å². The molecule has 2 aromatic rings. The summed E-state index contributed by atoms with van der Waals surface area (Å²) in [6.45, 7) is 0.179. The molecule has 8 nitrogen and oxygen atoms in total. The zero-order chi connectivity index (χ0) is 25.3. The van der Waals surface area contributed by atoms with Crippen LogP contribution in [0, 0.1) is 33.5 Å². The molecule has 3 fully saturated rings. The molecule has 3 heterocycles. The van der Waals surface area contributed by atoms with Crippen molar-refractivity contribution < 1.29 is 29.0 Å². The number of carboxylic acids is 1. The van der Waals surface area contributed by atoms with Crippen LogP contribution in [-0.4, -0.2) is 58.8 Å². The summed E-state index contributed by atoms with van der Waals surface area (Å²) < 4.78 is 11.8. The maximum atomic E-state index is 13.5. The van der Waals surface area contributed by atoms with E-state index < -0.39 is 5.97 Å². The van der Waals surface area contributed by atoms with E-state index in [9.17, 15) is 14.4 Å². The van der Waals surface area contributed by atoms with Gasteiger partial charge in [0.2, 0.25) is 11.8 Å². The van der Waals surface area contributed by atoms with Crippen molar-refractivity contribution in [2.75, 3.05) is 20.8 Å². The van der Waals surface area contributed by atoms with Gasteiger partial charge in [0.1, 0.15) is 0 Å². The van der Waals surface area contributed by atoms with Crippen LogP contribution >= 0.6 is 35.3 Å². The van der Waals surface area contributed by atoms with E-state index in [4.69, 9.17) is 26.8 Å². The summed E-state index contributed by atoms with van der Waals surface area (Å²) in [4.78, 5) is 43.7. The number of ether oxygens (including phenoxy) is 2. The zero-order valence-electron chi connectivity index (χ0n) is 19.8. The van der Waals surface area contributed by atoms with Gasteiger partial charge in [-0.15, -0.1) is 23.1 Å². The van der Waals surface area contributed by atoms with Crippen LogP contribution in [0.1, 0.15) is 35.6 Å². The van der Waals surface area contributed by atoms with E-state index in [-0.39, 0.29) is 72.0 Å². The maximum absolute atomic E-state index is 13.5. The number of benzene rings is 1. The average molecular weight is 547 g/mol. The quantitative estimate of drug-likeness (QED) is 0.394. The molecule has 2 aliphatic heterocycles. The minimum Gasteiger partial charge on any atom is -0.493 e. The number of nitrogens with zero attached hydrogens (tertiary/aromatic N) is 1. The normalized spacial score (nSPS) is 31.8. The molecular formula is C25H26N2O6S3. The molecule has 2 amide bonds. The van der Waals surface area contributed by atoms with Gasteiger partial charge in [-0.1, -0.05) is 6.07 Å². The van der Waals surface area contributed by atoms with Crippen molar-refractivity contribution in [2.45, 2.75) is 35.5 Å². The van der Waals surface area contributed by atoms with Crippen LogP contribution in [-0.2, 0) is 14.4 Å². The molecule has 0 spiro atoms. The van der Waals surface area contributed by atoms with E-state index >= 15 is 0 Å². The summed E-state index contributed by atoms with van der Waals surface area (Å²) >= 11 is 8.88. The van der Waals surface area contributed by atoms with Crippen molar-refractivity contribution in [2.24, 2.45) is 29.6 Å². The molecule has 7 atom stereocenters. The number of hydrogen-bond donors (Lipinski definition) is 2. The molecule has 2 aliphatic carbocycles. The third-order valence-electron chi connectivity index (χ3n) is 8.35. The maximum Gasteiger partial charge on any atom is 0.303 e. The van der Waals surface area contributed by atoms with E-state index in [0.717, 1.165) is 21.0 Å². The second-order valence-electron chi connectivity index (χ2n) is 9.90. The summed E-state index contributed by atoms with van der Waals surface area (Å²) in [6.07, 6.45) is 1.09. The Bertz CT molecular complexity index is 1320. The number of H-pyrrole nitrogens is 1. The highest BCUT2D eigenvalue weighted by molar-refractivity contribution is 8.00. The number of imide groups is 1. The number of aromatic amines is 1. The fourth-order valence-corrected chi connectivity index (χ4v) is 10.4. The number of carboxylic acid groups (broad SMARTS) is 1. The topological polar surface area (TPSA) is 109 Å². The first-order valence-electron chi connectivity index (χ1n) is 12.0. The summed E-state index contributed by atoms with van der Waals surface area (Å²) in [5.41, 5.74) is 1.09. The van der Waals surface area contributed by atoms with Gasteiger partial charge in [0.15, 0.2) is 15.5 Å². The zero-order valence-corrected chi connectivity index (χ0v) is 22.2. The van der Waals surface area contributed by atoms with Gasteiger partial charge in [-0.05, 0) is 60.5 Å². The van der Waals surface area contributed by atoms with Crippen LogP contribution in [0.5, 0.6) is 11.5 Å². The third kappa shape index (κ3) is 3.46. The summed E-state index contributed by atoms with van der Waals surface area (Å²) in [6, 6.07) is 6.00. The lowest BCUT2D eigenvalue weighted by atomic mass is 9.68. The van der Waals surface area contributed by atoms with Crippen LogP contribution < -0.4 is 9.47 Å². The number of carbonyl (C=O) groups is 3. The predicted molar refractivity (Wildman–Crippen MR) is 136 cm³/mol. The monoisotopic (exact) mass is 546 g/mol. The molecule has 190 valence electrons. The number of thiazole rings is 1. The Hall–Kier alpha value is -2.37. The smallest absolute Gasteiger partial charge is 0.303 e. The molecule has 1 aromatic heterocycles. The van der Waals surface area contributed by atoms with E-state index in [0.29, 0.717) is 11.5 Å². The Morgan fingerprint density at radius 3 is 2.58 bits per heavy atom. The van der Waals surface area contributed by atoms with Crippen LogP contribution in [0.3, 0.4) is 0 Å². The SMILES string of the molecule is COc1ccc(C2c3sc(=S)[nH]c3SC3C4CC(C5C(=O)N(CCCC(=O)O)C(=O)C45)C23)cc1OC. The van der Waals surface area contributed by atoms with Crippen molar-refractivity contribution in [3.63, 3.8) is 0 Å². The second kappa shape index (κ2) is 8.88. The van der Waals surface area contributed by atoms with Crippen molar-refractivity contribution in [3.8, 4) is 11.5 Å². The molecule has 11 heteroatoms. The molecule has 2 bridgehead atoms. The molecule has 6 rings (SSSR count). The minimum absolute atomic E-state index is 0.0314. The first-order chi connectivity index (χ1) is 17.3. The van der Waals surface area contributed by atoms with E-state index in [1.165, 1.54) is 9.78 Å². The van der Waals surface area contributed by atoms with Crippen molar-refractivity contribution >= 4 is 53.1 Å². The highest BCUT2D eigenvalue weighted by Crippen LogP contribution is 2.69. The van der Waals surface area contributed by atoms with Gasteiger partial charge in [0.05, 0.1) is 31.1 Å².